The lowest BCUT2D eigenvalue weighted by Gasteiger charge is -2.20. The van der Waals surface area contributed by atoms with Crippen LogP contribution < -0.4 is 14.2 Å². The molecule has 0 saturated heterocycles. The molecule has 0 aliphatic heterocycles. The molecule has 0 heterocycles. The fourth-order valence-electron chi connectivity index (χ4n) is 2.31. The lowest BCUT2D eigenvalue weighted by atomic mass is 9.99. The van der Waals surface area contributed by atoms with E-state index in [9.17, 15) is 0 Å². The summed E-state index contributed by atoms with van der Waals surface area (Å²) in [6, 6.07) is 12.0. The largest absolute Gasteiger partial charge is 0.496 e. The third-order valence-electron chi connectivity index (χ3n) is 3.47. The highest BCUT2D eigenvalue weighted by Gasteiger charge is 2.22. The third-order valence-corrected chi connectivity index (χ3v) is 4.42. The highest BCUT2D eigenvalue weighted by Crippen LogP contribution is 2.45. The van der Waals surface area contributed by atoms with Gasteiger partial charge in [-0.15, -0.1) is 0 Å². The van der Waals surface area contributed by atoms with Gasteiger partial charge < -0.3 is 14.2 Å². The van der Waals surface area contributed by atoms with E-state index in [-0.39, 0.29) is 4.83 Å². The SMILES string of the molecule is COc1cc(OC)c(C(Br)c2ccccc2C)c(OC)c1. The highest BCUT2D eigenvalue weighted by atomic mass is 79.9. The zero-order chi connectivity index (χ0) is 15.4. The van der Waals surface area contributed by atoms with Crippen LogP contribution in [0.3, 0.4) is 0 Å². The number of rotatable bonds is 5. The molecule has 0 saturated carbocycles. The molecule has 0 aromatic heterocycles. The standard InChI is InChI=1S/C17H19BrO3/c1-11-7-5-6-8-13(11)17(18)16-14(20-3)9-12(19-2)10-15(16)21-4/h5-10,17H,1-4H3. The molecule has 0 aliphatic rings. The van der Waals surface area contributed by atoms with Crippen LogP contribution in [-0.4, -0.2) is 21.3 Å². The second-order valence-corrected chi connectivity index (χ2v) is 5.58. The zero-order valence-corrected chi connectivity index (χ0v) is 14.2. The summed E-state index contributed by atoms with van der Waals surface area (Å²) in [5.74, 6) is 2.17. The Kier molecular flexibility index (Phi) is 5.12. The number of halogens is 1. The summed E-state index contributed by atoms with van der Waals surface area (Å²) < 4.78 is 16.3. The summed E-state index contributed by atoms with van der Waals surface area (Å²) in [5.41, 5.74) is 3.34. The van der Waals surface area contributed by atoms with Crippen LogP contribution >= 0.6 is 15.9 Å². The molecule has 0 aliphatic carbocycles. The number of hydrogen-bond donors (Lipinski definition) is 0. The van der Waals surface area contributed by atoms with Crippen molar-refractivity contribution in [3.8, 4) is 17.2 Å². The van der Waals surface area contributed by atoms with Crippen molar-refractivity contribution in [2.75, 3.05) is 21.3 Å². The van der Waals surface area contributed by atoms with Crippen LogP contribution in [-0.2, 0) is 0 Å². The van der Waals surface area contributed by atoms with Crippen molar-refractivity contribution in [1.29, 1.82) is 0 Å². The van der Waals surface area contributed by atoms with Crippen molar-refractivity contribution in [3.05, 3.63) is 53.1 Å². The maximum absolute atomic E-state index is 5.52. The molecule has 2 rings (SSSR count). The van der Waals surface area contributed by atoms with Gasteiger partial charge in [-0.1, -0.05) is 40.2 Å². The molecule has 0 radical (unpaired) electrons. The number of ether oxygens (including phenoxy) is 3. The van der Waals surface area contributed by atoms with Gasteiger partial charge in [-0.25, -0.2) is 0 Å². The second-order valence-electron chi connectivity index (χ2n) is 4.66. The van der Waals surface area contributed by atoms with Gasteiger partial charge in [0.25, 0.3) is 0 Å². The maximum Gasteiger partial charge on any atom is 0.130 e. The number of hydrogen-bond acceptors (Lipinski definition) is 3. The van der Waals surface area contributed by atoms with Crippen LogP contribution in [0.15, 0.2) is 36.4 Å². The zero-order valence-electron chi connectivity index (χ0n) is 12.6. The Morgan fingerprint density at radius 1 is 0.905 bits per heavy atom. The molecule has 0 fully saturated rings. The van der Waals surface area contributed by atoms with Crippen molar-refractivity contribution in [1.82, 2.24) is 0 Å². The fourth-order valence-corrected chi connectivity index (χ4v) is 3.27. The van der Waals surface area contributed by atoms with Gasteiger partial charge >= 0.3 is 0 Å². The van der Waals surface area contributed by atoms with Crippen molar-refractivity contribution < 1.29 is 14.2 Å². The third kappa shape index (κ3) is 3.16. The van der Waals surface area contributed by atoms with Gasteiger partial charge in [-0.05, 0) is 18.1 Å². The van der Waals surface area contributed by atoms with Crippen molar-refractivity contribution in [2.45, 2.75) is 11.8 Å². The molecular formula is C17H19BrO3. The Hall–Kier alpha value is -1.68. The van der Waals surface area contributed by atoms with Gasteiger partial charge in [0.05, 0.1) is 31.7 Å². The molecule has 0 N–H and O–H groups in total. The van der Waals surface area contributed by atoms with Crippen LogP contribution in [0.2, 0.25) is 0 Å². The van der Waals surface area contributed by atoms with Gasteiger partial charge in [0.2, 0.25) is 0 Å². The molecule has 21 heavy (non-hydrogen) atoms. The molecule has 112 valence electrons. The predicted molar refractivity (Wildman–Crippen MR) is 88.0 cm³/mol. The van der Waals surface area contributed by atoms with Crippen LogP contribution in [0.4, 0.5) is 0 Å². The minimum Gasteiger partial charge on any atom is -0.496 e. The molecular weight excluding hydrogens is 332 g/mol. The van der Waals surface area contributed by atoms with Gasteiger partial charge in [0, 0.05) is 12.1 Å². The van der Waals surface area contributed by atoms with Crippen molar-refractivity contribution in [3.63, 3.8) is 0 Å². The van der Waals surface area contributed by atoms with E-state index >= 15 is 0 Å². The van der Waals surface area contributed by atoms with E-state index in [1.165, 1.54) is 11.1 Å². The predicted octanol–water partition coefficient (Wildman–Crippen LogP) is 4.51. The summed E-state index contributed by atoms with van der Waals surface area (Å²) in [7, 11) is 4.92. The Balaban J connectivity index is 2.59. The Morgan fingerprint density at radius 3 is 1.95 bits per heavy atom. The van der Waals surface area contributed by atoms with Gasteiger partial charge in [0.15, 0.2) is 0 Å². The second kappa shape index (κ2) is 6.85. The van der Waals surface area contributed by atoms with Crippen LogP contribution in [0.25, 0.3) is 0 Å². The average molecular weight is 351 g/mol. The quantitative estimate of drug-likeness (QED) is 0.742. The summed E-state index contributed by atoms with van der Waals surface area (Å²) in [5, 5.41) is 0. The molecule has 0 amide bonds. The Morgan fingerprint density at radius 2 is 1.48 bits per heavy atom. The van der Waals surface area contributed by atoms with Crippen LogP contribution in [0.1, 0.15) is 21.5 Å². The normalized spacial score (nSPS) is 11.9. The van der Waals surface area contributed by atoms with E-state index in [0.29, 0.717) is 5.75 Å². The minimum atomic E-state index is -0.0190. The van der Waals surface area contributed by atoms with Gasteiger partial charge in [0.1, 0.15) is 17.2 Å². The van der Waals surface area contributed by atoms with Crippen LogP contribution in [0, 0.1) is 6.92 Å². The first-order valence-corrected chi connectivity index (χ1v) is 7.53. The molecule has 4 heteroatoms. The molecule has 1 unspecified atom stereocenters. The first-order chi connectivity index (χ1) is 10.1. The Labute approximate surface area is 134 Å². The topological polar surface area (TPSA) is 27.7 Å². The first-order valence-electron chi connectivity index (χ1n) is 6.61. The minimum absolute atomic E-state index is 0.0190. The number of benzene rings is 2. The van der Waals surface area contributed by atoms with Crippen molar-refractivity contribution in [2.24, 2.45) is 0 Å². The van der Waals surface area contributed by atoms with E-state index < -0.39 is 0 Å². The number of methoxy groups -OCH3 is 3. The van der Waals surface area contributed by atoms with E-state index in [1.807, 2.05) is 24.3 Å². The Bertz CT molecular complexity index is 600. The average Bonchev–Trinajstić information content (AvgIpc) is 2.53. The number of aryl methyl sites for hydroxylation is 1. The van der Waals surface area contributed by atoms with E-state index in [0.717, 1.165) is 17.1 Å². The lowest BCUT2D eigenvalue weighted by molar-refractivity contribution is 0.369. The smallest absolute Gasteiger partial charge is 0.130 e. The summed E-state index contributed by atoms with van der Waals surface area (Å²) in [4.78, 5) is -0.0190. The molecule has 0 bridgehead atoms. The number of alkyl halides is 1. The van der Waals surface area contributed by atoms with Gasteiger partial charge in [-0.3, -0.25) is 0 Å². The molecule has 0 spiro atoms. The fraction of sp³-hybridized carbons (Fsp3) is 0.294. The van der Waals surface area contributed by atoms with Crippen molar-refractivity contribution >= 4 is 15.9 Å². The molecule has 2 aromatic carbocycles. The summed E-state index contributed by atoms with van der Waals surface area (Å²) in [6.07, 6.45) is 0. The summed E-state index contributed by atoms with van der Waals surface area (Å²) >= 11 is 3.77. The summed E-state index contributed by atoms with van der Waals surface area (Å²) in [6.45, 7) is 2.09. The monoisotopic (exact) mass is 350 g/mol. The molecule has 1 atom stereocenters. The molecule has 3 nitrogen and oxygen atoms in total. The highest BCUT2D eigenvalue weighted by molar-refractivity contribution is 9.09. The lowest BCUT2D eigenvalue weighted by Crippen LogP contribution is -2.03. The van der Waals surface area contributed by atoms with Gasteiger partial charge in [-0.2, -0.15) is 0 Å². The van der Waals surface area contributed by atoms with E-state index in [1.54, 1.807) is 21.3 Å². The maximum atomic E-state index is 5.52. The van der Waals surface area contributed by atoms with Crippen LogP contribution in [0.5, 0.6) is 17.2 Å². The van der Waals surface area contributed by atoms with E-state index in [4.69, 9.17) is 14.2 Å². The van der Waals surface area contributed by atoms with E-state index in [2.05, 4.69) is 35.0 Å². The first kappa shape index (κ1) is 15.7. The molecule has 2 aromatic rings.